The van der Waals surface area contributed by atoms with Gasteiger partial charge in [0.2, 0.25) is 11.8 Å². The van der Waals surface area contributed by atoms with Crippen LogP contribution in [0.15, 0.2) is 18.3 Å². The molecule has 0 aromatic carbocycles. The van der Waals surface area contributed by atoms with Crippen molar-refractivity contribution in [3.63, 3.8) is 0 Å². The highest BCUT2D eigenvalue weighted by Gasteiger charge is 2.30. The van der Waals surface area contributed by atoms with Gasteiger partial charge in [0.1, 0.15) is 6.04 Å². The molecule has 2 rings (SSSR count). The number of nitrogens with one attached hydrogen (secondary N) is 2. The number of aromatic nitrogens is 1. The fourth-order valence-corrected chi connectivity index (χ4v) is 2.00. The number of hydrogen-bond acceptors (Lipinski definition) is 5. The predicted molar refractivity (Wildman–Crippen MR) is 71.7 cm³/mol. The number of hydrogen-bond donors (Lipinski definition) is 2. The monoisotopic (exact) mass is 262 g/mol. The Morgan fingerprint density at radius 2 is 2.21 bits per heavy atom. The second kappa shape index (κ2) is 5.36. The normalized spacial score (nSPS) is 21.2. The van der Waals surface area contributed by atoms with E-state index >= 15 is 0 Å². The molecule has 102 valence electrons. The van der Waals surface area contributed by atoms with Gasteiger partial charge < -0.3 is 10.2 Å². The van der Waals surface area contributed by atoms with Crippen molar-refractivity contribution in [1.29, 1.82) is 0 Å². The Kier molecular flexibility index (Phi) is 3.80. The van der Waals surface area contributed by atoms with Crippen LogP contribution in [0, 0.1) is 0 Å². The zero-order valence-electron chi connectivity index (χ0n) is 11.3. The maximum atomic E-state index is 11.6. The average Bonchev–Trinajstić information content (AvgIpc) is 2.42. The molecule has 19 heavy (non-hydrogen) atoms. The molecule has 0 aliphatic carbocycles. The van der Waals surface area contributed by atoms with Crippen molar-refractivity contribution in [2.24, 2.45) is 0 Å². The molecule has 1 saturated heterocycles. The summed E-state index contributed by atoms with van der Waals surface area (Å²) in [5.74, 6) is -0.556. The lowest BCUT2D eigenvalue weighted by atomic mass is 10.1. The Bertz CT molecular complexity index is 486. The Morgan fingerprint density at radius 1 is 1.47 bits per heavy atom. The summed E-state index contributed by atoms with van der Waals surface area (Å²) in [6.07, 6.45) is 1.70. The molecule has 0 spiro atoms. The Hall–Kier alpha value is -1.95. The molecule has 1 aliphatic heterocycles. The standard InChI is InChI=1S/C13H18N4O2/c1-8(14-3)11-5-4-10(6-15-11)17-7-12(18)16-13(19)9(17)2/h4-6,8-9,14H,7H2,1-3H3,(H,16,18,19). The van der Waals surface area contributed by atoms with Crippen LogP contribution in [-0.2, 0) is 9.59 Å². The van der Waals surface area contributed by atoms with E-state index in [9.17, 15) is 9.59 Å². The molecule has 1 aromatic rings. The molecule has 0 radical (unpaired) electrons. The van der Waals surface area contributed by atoms with E-state index in [1.165, 1.54) is 0 Å². The molecule has 2 heterocycles. The first-order valence-corrected chi connectivity index (χ1v) is 6.26. The molecular formula is C13H18N4O2. The molecule has 2 amide bonds. The number of piperazine rings is 1. The first kappa shape index (κ1) is 13.5. The summed E-state index contributed by atoms with van der Waals surface area (Å²) in [5.41, 5.74) is 1.70. The third-order valence-corrected chi connectivity index (χ3v) is 3.40. The van der Waals surface area contributed by atoms with Gasteiger partial charge in [-0.25, -0.2) is 0 Å². The fraction of sp³-hybridized carbons (Fsp3) is 0.462. The molecule has 1 aromatic heterocycles. The van der Waals surface area contributed by atoms with Crippen LogP contribution in [0.4, 0.5) is 5.69 Å². The predicted octanol–water partition coefficient (Wildman–Crippen LogP) is 0.213. The van der Waals surface area contributed by atoms with Gasteiger partial charge in [0, 0.05) is 6.04 Å². The molecular weight excluding hydrogens is 244 g/mol. The number of nitrogens with zero attached hydrogens (tertiary/aromatic N) is 2. The molecule has 1 fully saturated rings. The molecule has 6 heteroatoms. The van der Waals surface area contributed by atoms with Crippen LogP contribution >= 0.6 is 0 Å². The van der Waals surface area contributed by atoms with Gasteiger partial charge in [-0.15, -0.1) is 0 Å². The molecule has 0 saturated carbocycles. The summed E-state index contributed by atoms with van der Waals surface area (Å²) < 4.78 is 0. The van der Waals surface area contributed by atoms with Gasteiger partial charge in [0.05, 0.1) is 24.1 Å². The van der Waals surface area contributed by atoms with Gasteiger partial charge in [-0.05, 0) is 33.0 Å². The van der Waals surface area contributed by atoms with E-state index in [1.54, 1.807) is 18.0 Å². The molecule has 0 bridgehead atoms. The van der Waals surface area contributed by atoms with Crippen molar-refractivity contribution in [2.45, 2.75) is 25.9 Å². The third-order valence-electron chi connectivity index (χ3n) is 3.40. The lowest BCUT2D eigenvalue weighted by molar-refractivity contribution is -0.132. The van der Waals surface area contributed by atoms with E-state index in [4.69, 9.17) is 0 Å². The smallest absolute Gasteiger partial charge is 0.249 e. The van der Waals surface area contributed by atoms with Crippen LogP contribution in [0.1, 0.15) is 25.6 Å². The lowest BCUT2D eigenvalue weighted by Crippen LogP contribution is -2.57. The van der Waals surface area contributed by atoms with Crippen molar-refractivity contribution >= 4 is 17.5 Å². The molecule has 6 nitrogen and oxygen atoms in total. The minimum Gasteiger partial charge on any atom is -0.349 e. The molecule has 1 aliphatic rings. The Balaban J connectivity index is 2.21. The van der Waals surface area contributed by atoms with Crippen LogP contribution in [0.25, 0.3) is 0 Å². The van der Waals surface area contributed by atoms with Crippen LogP contribution < -0.4 is 15.5 Å². The van der Waals surface area contributed by atoms with E-state index in [2.05, 4.69) is 15.6 Å². The zero-order valence-corrected chi connectivity index (χ0v) is 11.3. The number of rotatable bonds is 3. The minimum absolute atomic E-state index is 0.165. The summed E-state index contributed by atoms with van der Waals surface area (Å²) in [4.78, 5) is 29.1. The SMILES string of the molecule is CNC(C)c1ccc(N2CC(=O)NC(=O)C2C)cn1. The highest BCUT2D eigenvalue weighted by molar-refractivity contribution is 6.04. The van der Waals surface area contributed by atoms with Gasteiger partial charge in [-0.1, -0.05) is 0 Å². The number of pyridine rings is 1. The topological polar surface area (TPSA) is 74.3 Å². The number of carbonyl (C=O) groups is 2. The fourth-order valence-electron chi connectivity index (χ4n) is 2.00. The average molecular weight is 262 g/mol. The number of imide groups is 1. The maximum Gasteiger partial charge on any atom is 0.249 e. The second-order valence-electron chi connectivity index (χ2n) is 4.67. The van der Waals surface area contributed by atoms with Crippen LogP contribution in [0.3, 0.4) is 0 Å². The minimum atomic E-state index is -0.368. The van der Waals surface area contributed by atoms with Crippen molar-refractivity contribution in [3.8, 4) is 0 Å². The van der Waals surface area contributed by atoms with Gasteiger partial charge in [0.25, 0.3) is 0 Å². The van der Waals surface area contributed by atoms with E-state index < -0.39 is 0 Å². The Labute approximate surface area is 112 Å². The lowest BCUT2D eigenvalue weighted by Gasteiger charge is -2.33. The highest BCUT2D eigenvalue weighted by atomic mass is 16.2. The number of carbonyl (C=O) groups excluding carboxylic acids is 2. The van der Waals surface area contributed by atoms with Crippen molar-refractivity contribution < 1.29 is 9.59 Å². The van der Waals surface area contributed by atoms with Crippen molar-refractivity contribution in [3.05, 3.63) is 24.0 Å². The Morgan fingerprint density at radius 3 is 2.79 bits per heavy atom. The van der Waals surface area contributed by atoms with Crippen LogP contribution in [0.5, 0.6) is 0 Å². The van der Waals surface area contributed by atoms with E-state index in [-0.39, 0.29) is 30.4 Å². The van der Waals surface area contributed by atoms with Gasteiger partial charge in [0.15, 0.2) is 0 Å². The van der Waals surface area contributed by atoms with E-state index in [0.717, 1.165) is 11.4 Å². The summed E-state index contributed by atoms with van der Waals surface area (Å²) >= 11 is 0. The summed E-state index contributed by atoms with van der Waals surface area (Å²) in [6, 6.07) is 3.59. The van der Waals surface area contributed by atoms with Crippen molar-refractivity contribution in [2.75, 3.05) is 18.5 Å². The van der Waals surface area contributed by atoms with Crippen LogP contribution in [-0.4, -0.2) is 36.4 Å². The number of anilines is 1. The van der Waals surface area contributed by atoms with Gasteiger partial charge >= 0.3 is 0 Å². The number of amides is 2. The molecule has 2 N–H and O–H groups in total. The molecule has 2 unspecified atom stereocenters. The first-order valence-electron chi connectivity index (χ1n) is 6.26. The van der Waals surface area contributed by atoms with E-state index in [0.29, 0.717) is 0 Å². The summed E-state index contributed by atoms with van der Waals surface area (Å²) in [7, 11) is 1.87. The molecule has 2 atom stereocenters. The second-order valence-corrected chi connectivity index (χ2v) is 4.67. The van der Waals surface area contributed by atoms with Gasteiger partial charge in [-0.3, -0.25) is 19.9 Å². The third kappa shape index (κ3) is 2.73. The zero-order chi connectivity index (χ0) is 14.0. The van der Waals surface area contributed by atoms with E-state index in [1.807, 2.05) is 26.1 Å². The van der Waals surface area contributed by atoms with Crippen molar-refractivity contribution in [1.82, 2.24) is 15.6 Å². The summed E-state index contributed by atoms with van der Waals surface area (Å²) in [6.45, 7) is 3.96. The largest absolute Gasteiger partial charge is 0.349 e. The maximum absolute atomic E-state index is 11.6. The quantitative estimate of drug-likeness (QED) is 0.762. The highest BCUT2D eigenvalue weighted by Crippen LogP contribution is 2.20. The summed E-state index contributed by atoms with van der Waals surface area (Å²) in [5, 5.41) is 5.43. The van der Waals surface area contributed by atoms with Gasteiger partial charge in [-0.2, -0.15) is 0 Å². The van der Waals surface area contributed by atoms with Crippen LogP contribution in [0.2, 0.25) is 0 Å². The first-order chi connectivity index (χ1) is 9.02.